The number of ether oxygens (including phenoxy) is 1. The van der Waals surface area contributed by atoms with Gasteiger partial charge in [-0.2, -0.15) is 0 Å². The number of rotatable bonds is 8. The molecule has 4 nitrogen and oxygen atoms in total. The zero-order valence-corrected chi connectivity index (χ0v) is 12.3. The summed E-state index contributed by atoms with van der Waals surface area (Å²) in [6.45, 7) is 6.77. The number of Topliss-reactive ketones (excluding diaryl/α,β-unsaturated/α-hetero) is 1. The Morgan fingerprint density at radius 2 is 1.95 bits per heavy atom. The van der Waals surface area contributed by atoms with Crippen molar-refractivity contribution >= 4 is 11.8 Å². The van der Waals surface area contributed by atoms with Gasteiger partial charge >= 0.3 is 5.97 Å². The molecule has 0 fully saturated rings. The fourth-order valence-corrected chi connectivity index (χ4v) is 1.88. The molecule has 1 rings (SSSR count). The second kappa shape index (κ2) is 7.68. The van der Waals surface area contributed by atoms with Gasteiger partial charge in [0.2, 0.25) is 0 Å². The first-order valence-electron chi connectivity index (χ1n) is 6.97. The maximum atomic E-state index is 11.9. The first kappa shape index (κ1) is 16.2. The molecule has 20 heavy (non-hydrogen) atoms. The highest BCUT2D eigenvalue weighted by atomic mass is 16.5. The molecule has 0 aliphatic rings. The van der Waals surface area contributed by atoms with E-state index >= 15 is 0 Å². The minimum Gasteiger partial charge on any atom is -0.493 e. The third-order valence-corrected chi connectivity index (χ3v) is 2.98. The van der Waals surface area contributed by atoms with Gasteiger partial charge in [0.25, 0.3) is 0 Å². The van der Waals surface area contributed by atoms with Gasteiger partial charge < -0.3 is 9.84 Å². The van der Waals surface area contributed by atoms with E-state index in [9.17, 15) is 9.59 Å². The lowest BCUT2D eigenvalue weighted by Crippen LogP contribution is -2.06. The van der Waals surface area contributed by atoms with Crippen molar-refractivity contribution in [2.75, 3.05) is 6.61 Å². The number of carboxylic acid groups (broad SMARTS) is 1. The van der Waals surface area contributed by atoms with Crippen molar-refractivity contribution in [2.24, 2.45) is 0 Å². The first-order chi connectivity index (χ1) is 9.45. The van der Waals surface area contributed by atoms with Crippen molar-refractivity contribution in [1.29, 1.82) is 0 Å². The van der Waals surface area contributed by atoms with E-state index < -0.39 is 5.97 Å². The van der Waals surface area contributed by atoms with E-state index in [1.165, 1.54) is 0 Å². The molecule has 1 N–H and O–H groups in total. The molecule has 110 valence electrons. The van der Waals surface area contributed by atoms with Crippen LogP contribution in [0.1, 0.15) is 61.9 Å². The van der Waals surface area contributed by atoms with Crippen LogP contribution in [0.4, 0.5) is 0 Å². The van der Waals surface area contributed by atoms with Crippen LogP contribution in [0.5, 0.6) is 5.75 Å². The third kappa shape index (κ3) is 4.68. The Hall–Kier alpha value is -1.84. The van der Waals surface area contributed by atoms with Gasteiger partial charge in [-0.3, -0.25) is 9.59 Å². The molecule has 4 heteroatoms. The Bertz CT molecular complexity index is 477. The lowest BCUT2D eigenvalue weighted by molar-refractivity contribution is -0.136. The molecule has 0 saturated carbocycles. The highest BCUT2D eigenvalue weighted by Gasteiger charge is 2.14. The van der Waals surface area contributed by atoms with E-state index in [-0.39, 0.29) is 24.5 Å². The quantitative estimate of drug-likeness (QED) is 0.737. The Morgan fingerprint density at radius 3 is 2.50 bits per heavy atom. The monoisotopic (exact) mass is 278 g/mol. The van der Waals surface area contributed by atoms with E-state index in [0.717, 1.165) is 17.7 Å². The lowest BCUT2D eigenvalue weighted by Gasteiger charge is -2.15. The van der Waals surface area contributed by atoms with Crippen LogP contribution < -0.4 is 4.74 Å². The molecule has 0 aliphatic carbocycles. The maximum Gasteiger partial charge on any atom is 0.303 e. The van der Waals surface area contributed by atoms with Crippen LogP contribution in [-0.2, 0) is 4.79 Å². The van der Waals surface area contributed by atoms with Crippen LogP contribution in [-0.4, -0.2) is 23.5 Å². The van der Waals surface area contributed by atoms with Gasteiger partial charge in [0.1, 0.15) is 5.75 Å². The molecule has 0 aliphatic heterocycles. The summed E-state index contributed by atoms with van der Waals surface area (Å²) >= 11 is 0. The summed E-state index contributed by atoms with van der Waals surface area (Å²) in [5.74, 6) is -0.0487. The van der Waals surface area contributed by atoms with E-state index in [4.69, 9.17) is 9.84 Å². The summed E-state index contributed by atoms with van der Waals surface area (Å²) in [5, 5.41) is 8.62. The SMILES string of the molecule is CCCOc1ccc(C(=O)CCC(=O)O)cc1C(C)C. The standard InChI is InChI=1S/C16H22O4/c1-4-9-20-15-7-5-12(10-13(15)11(2)3)14(17)6-8-16(18)19/h5,7,10-11H,4,6,8-9H2,1-3H3,(H,18,19). The largest absolute Gasteiger partial charge is 0.493 e. The molecule has 0 bridgehead atoms. The lowest BCUT2D eigenvalue weighted by atomic mass is 9.97. The van der Waals surface area contributed by atoms with Crippen LogP contribution in [0.2, 0.25) is 0 Å². The smallest absolute Gasteiger partial charge is 0.303 e. The Kier molecular flexibility index (Phi) is 6.22. The van der Waals surface area contributed by atoms with E-state index in [2.05, 4.69) is 0 Å². The number of carbonyl (C=O) groups is 2. The van der Waals surface area contributed by atoms with Crippen molar-refractivity contribution in [1.82, 2.24) is 0 Å². The van der Waals surface area contributed by atoms with Crippen LogP contribution in [0.25, 0.3) is 0 Å². The average molecular weight is 278 g/mol. The van der Waals surface area contributed by atoms with Gasteiger partial charge in [0, 0.05) is 12.0 Å². The van der Waals surface area contributed by atoms with Crippen molar-refractivity contribution in [3.05, 3.63) is 29.3 Å². The van der Waals surface area contributed by atoms with Gasteiger partial charge in [0.05, 0.1) is 13.0 Å². The molecule has 1 aromatic rings. The summed E-state index contributed by atoms with van der Waals surface area (Å²) in [5.41, 5.74) is 1.54. The summed E-state index contributed by atoms with van der Waals surface area (Å²) in [4.78, 5) is 22.5. The van der Waals surface area contributed by atoms with Crippen molar-refractivity contribution in [2.45, 2.75) is 46.0 Å². The van der Waals surface area contributed by atoms with Crippen LogP contribution in [0.3, 0.4) is 0 Å². The van der Waals surface area contributed by atoms with Crippen LogP contribution in [0, 0.1) is 0 Å². The van der Waals surface area contributed by atoms with Gasteiger partial charge in [-0.1, -0.05) is 20.8 Å². The predicted molar refractivity (Wildman–Crippen MR) is 77.5 cm³/mol. The molecule has 0 amide bonds. The number of carboxylic acids is 1. The summed E-state index contributed by atoms with van der Waals surface area (Å²) in [6, 6.07) is 5.33. The summed E-state index contributed by atoms with van der Waals surface area (Å²) < 4.78 is 5.68. The fourth-order valence-electron chi connectivity index (χ4n) is 1.88. The Balaban J connectivity index is 2.91. The van der Waals surface area contributed by atoms with Gasteiger partial charge in [-0.05, 0) is 36.1 Å². The van der Waals surface area contributed by atoms with Crippen LogP contribution in [0.15, 0.2) is 18.2 Å². The minimum absolute atomic E-state index is 0.0298. The number of aliphatic carboxylic acids is 1. The van der Waals surface area contributed by atoms with Gasteiger partial charge in [-0.15, -0.1) is 0 Å². The highest BCUT2D eigenvalue weighted by Crippen LogP contribution is 2.28. The maximum absolute atomic E-state index is 11.9. The third-order valence-electron chi connectivity index (χ3n) is 2.98. The number of benzene rings is 1. The van der Waals surface area contributed by atoms with Gasteiger partial charge in [0.15, 0.2) is 5.78 Å². The van der Waals surface area contributed by atoms with Crippen molar-refractivity contribution < 1.29 is 19.4 Å². The Morgan fingerprint density at radius 1 is 1.25 bits per heavy atom. The van der Waals surface area contributed by atoms with Crippen molar-refractivity contribution in [3.63, 3.8) is 0 Å². The highest BCUT2D eigenvalue weighted by molar-refractivity contribution is 5.97. The molecule has 0 radical (unpaired) electrons. The number of hydrogen-bond acceptors (Lipinski definition) is 3. The topological polar surface area (TPSA) is 63.6 Å². The average Bonchev–Trinajstić information content (AvgIpc) is 2.42. The fraction of sp³-hybridized carbons (Fsp3) is 0.500. The molecule has 0 spiro atoms. The molecule has 0 heterocycles. The summed E-state index contributed by atoms with van der Waals surface area (Å²) in [7, 11) is 0. The molecule has 0 aromatic heterocycles. The number of ketones is 1. The molecule has 0 atom stereocenters. The normalized spacial score (nSPS) is 10.6. The second-order valence-electron chi connectivity index (χ2n) is 5.07. The first-order valence-corrected chi connectivity index (χ1v) is 6.97. The number of hydrogen-bond donors (Lipinski definition) is 1. The zero-order chi connectivity index (χ0) is 15.1. The van der Waals surface area contributed by atoms with E-state index in [0.29, 0.717) is 12.2 Å². The zero-order valence-electron chi connectivity index (χ0n) is 12.3. The van der Waals surface area contributed by atoms with E-state index in [1.54, 1.807) is 12.1 Å². The second-order valence-corrected chi connectivity index (χ2v) is 5.07. The molecule has 1 aromatic carbocycles. The van der Waals surface area contributed by atoms with Crippen LogP contribution >= 0.6 is 0 Å². The molecule has 0 saturated heterocycles. The summed E-state index contributed by atoms with van der Waals surface area (Å²) in [6.07, 6.45) is 0.822. The van der Waals surface area contributed by atoms with E-state index in [1.807, 2.05) is 26.8 Å². The van der Waals surface area contributed by atoms with Gasteiger partial charge in [-0.25, -0.2) is 0 Å². The minimum atomic E-state index is -0.953. The Labute approximate surface area is 119 Å². The predicted octanol–water partition coefficient (Wildman–Crippen LogP) is 3.65. The molecular weight excluding hydrogens is 256 g/mol. The molecular formula is C16H22O4. The van der Waals surface area contributed by atoms with Crippen molar-refractivity contribution in [3.8, 4) is 5.75 Å². The molecule has 0 unspecified atom stereocenters. The number of carbonyl (C=O) groups excluding carboxylic acids is 1.